The molecule has 8 heteroatoms. The molecule has 0 fully saturated rings. The number of nitrogens with one attached hydrogen (secondary N) is 1. The summed E-state index contributed by atoms with van der Waals surface area (Å²) in [6.45, 7) is 1.66. The van der Waals surface area contributed by atoms with Gasteiger partial charge in [-0.25, -0.2) is 9.97 Å². The number of rotatable bonds is 7. The number of amides is 1. The zero-order valence-electron chi connectivity index (χ0n) is 14.6. The SMILES string of the molecule is COc1ccc(CCC(=O)NCCc2nc(C)cc(C(F)(F)F)n2)cc1. The topological polar surface area (TPSA) is 64.1 Å². The third kappa shape index (κ3) is 6.02. The predicted octanol–water partition coefficient (Wildman–Crippen LogP) is 3.10. The monoisotopic (exact) mass is 367 g/mol. The number of aromatic nitrogens is 2. The van der Waals surface area contributed by atoms with E-state index in [1.165, 1.54) is 6.92 Å². The van der Waals surface area contributed by atoms with Crippen LogP contribution in [-0.2, 0) is 23.8 Å². The van der Waals surface area contributed by atoms with Crippen LogP contribution < -0.4 is 10.1 Å². The molecule has 0 atom stereocenters. The molecule has 2 aromatic rings. The van der Waals surface area contributed by atoms with E-state index in [1.54, 1.807) is 7.11 Å². The van der Waals surface area contributed by atoms with E-state index in [0.717, 1.165) is 17.4 Å². The normalized spacial score (nSPS) is 11.3. The van der Waals surface area contributed by atoms with Gasteiger partial charge in [0, 0.05) is 25.1 Å². The number of hydrogen-bond donors (Lipinski definition) is 1. The van der Waals surface area contributed by atoms with Crippen LogP contribution in [0, 0.1) is 6.92 Å². The Morgan fingerprint density at radius 3 is 2.46 bits per heavy atom. The van der Waals surface area contributed by atoms with Crippen LogP contribution in [0.4, 0.5) is 13.2 Å². The van der Waals surface area contributed by atoms with E-state index >= 15 is 0 Å². The van der Waals surface area contributed by atoms with Gasteiger partial charge in [0.15, 0.2) is 0 Å². The van der Waals surface area contributed by atoms with E-state index in [9.17, 15) is 18.0 Å². The van der Waals surface area contributed by atoms with Crippen LogP contribution in [0.3, 0.4) is 0 Å². The minimum Gasteiger partial charge on any atom is -0.497 e. The first-order valence-corrected chi connectivity index (χ1v) is 8.09. The van der Waals surface area contributed by atoms with Crippen LogP contribution in [0.15, 0.2) is 30.3 Å². The summed E-state index contributed by atoms with van der Waals surface area (Å²) in [7, 11) is 1.58. The molecule has 140 valence electrons. The summed E-state index contributed by atoms with van der Waals surface area (Å²) in [4.78, 5) is 19.4. The molecule has 1 amide bonds. The lowest BCUT2D eigenvalue weighted by molar-refractivity contribution is -0.141. The average molecular weight is 367 g/mol. The molecule has 0 aliphatic rings. The van der Waals surface area contributed by atoms with Gasteiger partial charge in [-0.2, -0.15) is 13.2 Å². The lowest BCUT2D eigenvalue weighted by Crippen LogP contribution is -2.26. The number of benzene rings is 1. The van der Waals surface area contributed by atoms with Gasteiger partial charge in [0.1, 0.15) is 17.3 Å². The third-order valence-electron chi connectivity index (χ3n) is 3.66. The molecule has 0 aliphatic carbocycles. The van der Waals surface area contributed by atoms with Crippen LogP contribution in [0.1, 0.15) is 29.2 Å². The molecule has 1 heterocycles. The number of halogens is 3. The van der Waals surface area contributed by atoms with Crippen molar-refractivity contribution < 1.29 is 22.7 Å². The molecule has 5 nitrogen and oxygen atoms in total. The van der Waals surface area contributed by atoms with Crippen molar-refractivity contribution >= 4 is 5.91 Å². The smallest absolute Gasteiger partial charge is 0.433 e. The maximum atomic E-state index is 12.7. The summed E-state index contributed by atoms with van der Waals surface area (Å²) in [5.74, 6) is 0.631. The lowest BCUT2D eigenvalue weighted by atomic mass is 10.1. The zero-order valence-corrected chi connectivity index (χ0v) is 14.6. The first-order valence-electron chi connectivity index (χ1n) is 8.09. The average Bonchev–Trinajstić information content (AvgIpc) is 2.59. The molecule has 0 unspecified atom stereocenters. The molecule has 0 aliphatic heterocycles. The van der Waals surface area contributed by atoms with E-state index in [1.807, 2.05) is 24.3 Å². The van der Waals surface area contributed by atoms with Gasteiger partial charge in [-0.1, -0.05) is 12.1 Å². The minimum atomic E-state index is -4.51. The van der Waals surface area contributed by atoms with Crippen LogP contribution >= 0.6 is 0 Å². The number of ether oxygens (including phenoxy) is 1. The van der Waals surface area contributed by atoms with Crippen molar-refractivity contribution in [3.8, 4) is 5.75 Å². The second-order valence-electron chi connectivity index (χ2n) is 5.76. The fraction of sp³-hybridized carbons (Fsp3) is 0.389. The maximum absolute atomic E-state index is 12.7. The highest BCUT2D eigenvalue weighted by molar-refractivity contribution is 5.76. The molecule has 1 N–H and O–H groups in total. The highest BCUT2D eigenvalue weighted by atomic mass is 19.4. The Labute approximate surface area is 149 Å². The zero-order chi connectivity index (χ0) is 19.2. The predicted molar refractivity (Wildman–Crippen MR) is 89.8 cm³/mol. The summed E-state index contributed by atoms with van der Waals surface area (Å²) in [5, 5.41) is 2.68. The van der Waals surface area contributed by atoms with Gasteiger partial charge in [-0.15, -0.1) is 0 Å². The largest absolute Gasteiger partial charge is 0.497 e. The van der Waals surface area contributed by atoms with Crippen LogP contribution in [0.25, 0.3) is 0 Å². The minimum absolute atomic E-state index is 0.0628. The number of methoxy groups -OCH3 is 1. The molecule has 0 saturated heterocycles. The molecule has 0 radical (unpaired) electrons. The second-order valence-corrected chi connectivity index (χ2v) is 5.76. The fourth-order valence-electron chi connectivity index (χ4n) is 2.34. The van der Waals surface area contributed by atoms with Crippen LogP contribution in [-0.4, -0.2) is 29.5 Å². The molecule has 0 saturated carbocycles. The molecular weight excluding hydrogens is 347 g/mol. The fourth-order valence-corrected chi connectivity index (χ4v) is 2.34. The summed E-state index contributed by atoms with van der Waals surface area (Å²) >= 11 is 0. The number of nitrogens with zero attached hydrogens (tertiary/aromatic N) is 2. The number of aryl methyl sites for hydroxylation is 2. The van der Waals surface area contributed by atoms with Crippen molar-refractivity contribution in [2.75, 3.05) is 13.7 Å². The van der Waals surface area contributed by atoms with E-state index in [4.69, 9.17) is 4.74 Å². The first kappa shape index (κ1) is 19.7. The quantitative estimate of drug-likeness (QED) is 0.817. The highest BCUT2D eigenvalue weighted by Crippen LogP contribution is 2.27. The first-order chi connectivity index (χ1) is 12.3. The van der Waals surface area contributed by atoms with E-state index < -0.39 is 11.9 Å². The van der Waals surface area contributed by atoms with Crippen molar-refractivity contribution in [3.63, 3.8) is 0 Å². The summed E-state index contributed by atoms with van der Waals surface area (Å²) in [6, 6.07) is 8.30. The van der Waals surface area contributed by atoms with Gasteiger partial charge in [0.25, 0.3) is 0 Å². The van der Waals surface area contributed by atoms with Crippen LogP contribution in [0.5, 0.6) is 5.75 Å². The molecule has 1 aromatic carbocycles. The van der Waals surface area contributed by atoms with Gasteiger partial charge in [0.2, 0.25) is 5.91 Å². The van der Waals surface area contributed by atoms with Crippen molar-refractivity contribution in [1.29, 1.82) is 0 Å². The van der Waals surface area contributed by atoms with E-state index in [2.05, 4.69) is 15.3 Å². The van der Waals surface area contributed by atoms with Gasteiger partial charge < -0.3 is 10.1 Å². The molecule has 2 rings (SSSR count). The second kappa shape index (κ2) is 8.64. The molecular formula is C18H20F3N3O2. The molecule has 1 aromatic heterocycles. The van der Waals surface area contributed by atoms with E-state index in [-0.39, 0.29) is 36.8 Å². The number of hydrogen-bond acceptors (Lipinski definition) is 4. The van der Waals surface area contributed by atoms with E-state index in [0.29, 0.717) is 6.42 Å². The highest BCUT2D eigenvalue weighted by Gasteiger charge is 2.33. The Kier molecular flexibility index (Phi) is 6.54. The van der Waals surface area contributed by atoms with Crippen molar-refractivity contribution in [3.05, 3.63) is 53.1 Å². The molecule has 0 bridgehead atoms. The summed E-state index contributed by atoms with van der Waals surface area (Å²) in [5.41, 5.74) is 0.275. The Morgan fingerprint density at radius 1 is 1.15 bits per heavy atom. The third-order valence-corrected chi connectivity index (χ3v) is 3.66. The Hall–Kier alpha value is -2.64. The maximum Gasteiger partial charge on any atom is 0.433 e. The molecule has 26 heavy (non-hydrogen) atoms. The van der Waals surface area contributed by atoms with Crippen LogP contribution in [0.2, 0.25) is 0 Å². The van der Waals surface area contributed by atoms with Gasteiger partial charge in [-0.05, 0) is 37.1 Å². The van der Waals surface area contributed by atoms with Crippen molar-refractivity contribution in [2.45, 2.75) is 32.4 Å². The molecule has 0 spiro atoms. The Morgan fingerprint density at radius 2 is 1.85 bits per heavy atom. The summed E-state index contributed by atoms with van der Waals surface area (Å²) < 4.78 is 43.3. The number of alkyl halides is 3. The Balaban J connectivity index is 1.80. The van der Waals surface area contributed by atoms with Gasteiger partial charge in [0.05, 0.1) is 7.11 Å². The number of carbonyl (C=O) groups excluding carboxylic acids is 1. The van der Waals surface area contributed by atoms with Gasteiger partial charge in [-0.3, -0.25) is 4.79 Å². The lowest BCUT2D eigenvalue weighted by Gasteiger charge is -2.09. The van der Waals surface area contributed by atoms with Crippen molar-refractivity contribution in [1.82, 2.24) is 15.3 Å². The summed E-state index contributed by atoms with van der Waals surface area (Å²) in [6.07, 6.45) is -3.52. The number of carbonyl (C=O) groups is 1. The van der Waals surface area contributed by atoms with Crippen molar-refractivity contribution in [2.24, 2.45) is 0 Å². The Bertz CT molecular complexity index is 746. The van der Waals surface area contributed by atoms with Gasteiger partial charge >= 0.3 is 6.18 Å². The standard InChI is InChI=1S/C18H20F3N3O2/c1-12-11-15(18(19,20)21)24-16(23-12)9-10-22-17(25)8-5-13-3-6-14(26-2)7-4-13/h3-4,6-7,11H,5,8-10H2,1-2H3,(H,22,25).